The average molecular weight is 800 g/mol. The van der Waals surface area contributed by atoms with E-state index in [2.05, 4.69) is 115 Å². The number of nitrogens with zero attached hydrogens (tertiary/aromatic N) is 5. The normalized spacial score (nSPS) is 34.3. The second-order valence-corrected chi connectivity index (χ2v) is 19.7. The van der Waals surface area contributed by atoms with Gasteiger partial charge in [0, 0.05) is 112 Å². The number of rotatable bonds is 5. The van der Waals surface area contributed by atoms with Crippen LogP contribution < -0.4 is 22.9 Å². The molecule has 6 fully saturated rings. The van der Waals surface area contributed by atoms with E-state index in [4.69, 9.17) is 22.9 Å². The molecule has 5 aliphatic heterocycles. The third-order valence-electron chi connectivity index (χ3n) is 13.2. The molecule has 8 N–H and O–H groups in total. The molecule has 338 valence electrons. The van der Waals surface area contributed by atoms with E-state index in [0.29, 0.717) is 72.9 Å². The molecular formula is C46H102FN9. The molecule has 0 aromatic carbocycles. The molecule has 6 aliphatic rings. The molecule has 10 heteroatoms. The molecule has 9 nitrogen and oxygen atoms in total. The number of hydrogen-bond donors (Lipinski definition) is 4. The Balaban J connectivity index is 0.000000670. The predicted molar refractivity (Wildman–Crippen MR) is 246 cm³/mol. The molecule has 5 heterocycles. The van der Waals surface area contributed by atoms with Crippen molar-refractivity contribution in [2.45, 2.75) is 241 Å². The van der Waals surface area contributed by atoms with Crippen molar-refractivity contribution in [3.63, 3.8) is 0 Å². The Labute approximate surface area is 349 Å². The maximum absolute atomic E-state index is 13.0. The Bertz CT molecular complexity index is 931. The highest BCUT2D eigenvalue weighted by molar-refractivity contribution is 5.02. The second-order valence-electron chi connectivity index (χ2n) is 19.7. The van der Waals surface area contributed by atoms with Crippen LogP contribution in [0, 0.1) is 11.8 Å². The molecule has 1 aliphatic carbocycles. The van der Waals surface area contributed by atoms with Crippen molar-refractivity contribution in [1.29, 1.82) is 0 Å². The highest BCUT2D eigenvalue weighted by Gasteiger charge is 2.45. The fourth-order valence-corrected chi connectivity index (χ4v) is 9.70. The zero-order chi connectivity index (χ0) is 40.9. The van der Waals surface area contributed by atoms with Gasteiger partial charge in [-0.25, -0.2) is 4.39 Å². The third-order valence-corrected chi connectivity index (χ3v) is 13.2. The summed E-state index contributed by atoms with van der Waals surface area (Å²) in [4.78, 5) is 12.2. The lowest BCUT2D eigenvalue weighted by molar-refractivity contribution is 0.0798. The van der Waals surface area contributed by atoms with Gasteiger partial charge in [0.2, 0.25) is 0 Å². The first-order valence-electron chi connectivity index (χ1n) is 22.6. The zero-order valence-corrected chi connectivity index (χ0v) is 37.9. The average Bonchev–Trinajstić information content (AvgIpc) is 3.61. The molecule has 1 saturated carbocycles. The molecule has 0 radical (unpaired) electrons. The summed E-state index contributed by atoms with van der Waals surface area (Å²) in [6.07, 6.45) is 10.3. The fourth-order valence-electron chi connectivity index (χ4n) is 9.70. The Kier molecular flexibility index (Phi) is 27.2. The molecule has 0 spiro atoms. The van der Waals surface area contributed by atoms with Crippen LogP contribution >= 0.6 is 0 Å². The Morgan fingerprint density at radius 1 is 0.482 bits per heavy atom. The highest BCUT2D eigenvalue weighted by atomic mass is 19.1. The number of likely N-dealkylation sites (tertiary alicyclic amines) is 5. The standard InChI is InChI=1S/C9H18FN.C9H18N2.2C9H20N2.C8H18N2.2CH4/c1-7(2)11-5-8(3)4-9(10)6-11;1-6(2)11-5-7-3-4-8(11)9(7)10;2*1-7(2)11-6-9(10)5-4-8(11)3;1-7(2)10-5-3-4-8(9)6-10;;/h7-9H,4-6H2,1-3H3;6-9H,3-5,10H2,1-2H3;2*7-9H,4-6,10H2,1-3H3;7-8H,3-6,9H2,1-2H3;2*1H4/t8-,9-;7?,8?,9-;2*8-,9+;8-;;/m11101../s1. The van der Waals surface area contributed by atoms with Gasteiger partial charge in [0.1, 0.15) is 6.17 Å². The summed E-state index contributed by atoms with van der Waals surface area (Å²) in [5.74, 6) is 1.34. The van der Waals surface area contributed by atoms with Gasteiger partial charge in [0.15, 0.2) is 0 Å². The number of fused-ring (bicyclic) bond motifs is 2. The lowest BCUT2D eigenvalue weighted by Crippen LogP contribution is -2.50. The summed E-state index contributed by atoms with van der Waals surface area (Å²) >= 11 is 0. The van der Waals surface area contributed by atoms with E-state index in [0.717, 1.165) is 50.6 Å². The minimum absolute atomic E-state index is 0. The number of piperidine rings is 5. The van der Waals surface area contributed by atoms with Gasteiger partial charge in [0.25, 0.3) is 0 Å². The molecule has 0 amide bonds. The van der Waals surface area contributed by atoms with Crippen molar-refractivity contribution in [2.75, 3.05) is 45.8 Å². The Morgan fingerprint density at radius 3 is 1.25 bits per heavy atom. The number of halogens is 1. The maximum Gasteiger partial charge on any atom is 0.113 e. The summed E-state index contributed by atoms with van der Waals surface area (Å²) in [7, 11) is 0. The van der Waals surface area contributed by atoms with Crippen LogP contribution in [0.5, 0.6) is 0 Å². The number of alkyl halides is 1. The first-order chi connectivity index (χ1) is 25.2. The van der Waals surface area contributed by atoms with Crippen molar-refractivity contribution in [3.05, 3.63) is 0 Å². The molecule has 2 unspecified atom stereocenters. The van der Waals surface area contributed by atoms with Gasteiger partial charge < -0.3 is 22.9 Å². The molecule has 5 saturated heterocycles. The van der Waals surface area contributed by atoms with Crippen LogP contribution in [0.1, 0.15) is 163 Å². The van der Waals surface area contributed by atoms with E-state index in [1.54, 1.807) is 0 Å². The second kappa shape index (κ2) is 27.4. The largest absolute Gasteiger partial charge is 0.327 e. The zero-order valence-electron chi connectivity index (χ0n) is 37.9. The number of hydrogen-bond acceptors (Lipinski definition) is 9. The lowest BCUT2D eigenvalue weighted by atomic mass is 9.98. The third kappa shape index (κ3) is 18.9. The molecule has 2 bridgehead atoms. The summed E-state index contributed by atoms with van der Waals surface area (Å²) in [6.45, 7) is 36.4. The van der Waals surface area contributed by atoms with Crippen molar-refractivity contribution >= 4 is 0 Å². The van der Waals surface area contributed by atoms with Crippen LogP contribution in [-0.4, -0.2) is 149 Å². The Hall–Kier alpha value is -0.430. The van der Waals surface area contributed by atoms with E-state index in [1.165, 1.54) is 64.5 Å². The molecule has 56 heavy (non-hydrogen) atoms. The summed E-state index contributed by atoms with van der Waals surface area (Å²) in [5, 5.41) is 0. The van der Waals surface area contributed by atoms with Crippen molar-refractivity contribution in [2.24, 2.45) is 34.8 Å². The van der Waals surface area contributed by atoms with Gasteiger partial charge in [-0.2, -0.15) is 0 Å². The van der Waals surface area contributed by atoms with Gasteiger partial charge in [0.05, 0.1) is 0 Å². The van der Waals surface area contributed by atoms with E-state index in [-0.39, 0.29) is 14.9 Å². The molecule has 0 aromatic heterocycles. The summed E-state index contributed by atoms with van der Waals surface area (Å²) in [5.41, 5.74) is 23.7. The Morgan fingerprint density at radius 2 is 0.946 bits per heavy atom. The first kappa shape index (κ1) is 55.6. The minimum Gasteiger partial charge on any atom is -0.327 e. The topological polar surface area (TPSA) is 120 Å². The molecule has 6 rings (SSSR count). The highest BCUT2D eigenvalue weighted by Crippen LogP contribution is 2.37. The van der Waals surface area contributed by atoms with E-state index < -0.39 is 6.17 Å². The monoisotopic (exact) mass is 800 g/mol. The molecular weight excluding hydrogens is 698 g/mol. The van der Waals surface area contributed by atoms with Gasteiger partial charge in [-0.3, -0.25) is 24.5 Å². The van der Waals surface area contributed by atoms with E-state index >= 15 is 0 Å². The van der Waals surface area contributed by atoms with Crippen LogP contribution in [0.3, 0.4) is 0 Å². The van der Waals surface area contributed by atoms with Gasteiger partial charge in [-0.1, -0.05) is 21.8 Å². The van der Waals surface area contributed by atoms with Crippen molar-refractivity contribution in [1.82, 2.24) is 24.5 Å². The predicted octanol–water partition coefficient (Wildman–Crippen LogP) is 7.39. The van der Waals surface area contributed by atoms with Crippen LogP contribution in [-0.2, 0) is 0 Å². The maximum atomic E-state index is 13.0. The van der Waals surface area contributed by atoms with Gasteiger partial charge in [-0.15, -0.1) is 0 Å². The van der Waals surface area contributed by atoms with E-state index in [9.17, 15) is 4.39 Å². The van der Waals surface area contributed by atoms with Crippen LogP contribution in [0.2, 0.25) is 0 Å². The lowest BCUT2D eigenvalue weighted by Gasteiger charge is -2.39. The van der Waals surface area contributed by atoms with Crippen LogP contribution in [0.4, 0.5) is 4.39 Å². The summed E-state index contributed by atoms with van der Waals surface area (Å²) < 4.78 is 13.0. The van der Waals surface area contributed by atoms with Crippen molar-refractivity contribution < 1.29 is 4.39 Å². The van der Waals surface area contributed by atoms with Crippen molar-refractivity contribution in [3.8, 4) is 0 Å². The van der Waals surface area contributed by atoms with Crippen LogP contribution in [0.25, 0.3) is 0 Å². The summed E-state index contributed by atoms with van der Waals surface area (Å²) in [6, 6.07) is 7.06. The molecule has 0 aromatic rings. The smallest absolute Gasteiger partial charge is 0.113 e. The number of nitrogens with two attached hydrogens (primary N) is 4. The van der Waals surface area contributed by atoms with E-state index in [1.807, 2.05) is 0 Å². The van der Waals surface area contributed by atoms with Crippen LogP contribution in [0.15, 0.2) is 0 Å². The van der Waals surface area contributed by atoms with Gasteiger partial charge >= 0.3 is 0 Å². The fraction of sp³-hybridized carbons (Fsp3) is 1.00. The molecule has 10 atom stereocenters. The SMILES string of the molecule is C.C.CC(C)N1CC2CCC1[C@@H]2N.CC(C)N1CCC[C@@H](N)C1.CC(C)N1C[C@@H](N)CC[C@H]1C.CC(C)N1C[C@H](C)C[C@@H](F)C1.CC(C)N1C[C@H](N)CC[C@@H]1C. The quantitative estimate of drug-likeness (QED) is 0.226. The van der Waals surface area contributed by atoms with Gasteiger partial charge in [-0.05, 0) is 159 Å². The minimum atomic E-state index is -0.596. The first-order valence-corrected chi connectivity index (χ1v) is 22.6.